The minimum atomic E-state index is -1.17. The molecule has 8 aromatic heterocycles. The molecule has 10 N–H and O–H groups in total. The van der Waals surface area contributed by atoms with E-state index in [1.54, 1.807) is 21.9 Å². The molecule has 82 heavy (non-hydrogen) atoms. The van der Waals surface area contributed by atoms with E-state index in [4.69, 9.17) is 29.9 Å². The Hall–Kier alpha value is -7.89. The highest BCUT2D eigenvalue weighted by Crippen LogP contribution is 2.41. The van der Waals surface area contributed by atoms with Crippen LogP contribution in [-0.2, 0) is 39.1 Å². The van der Waals surface area contributed by atoms with Crippen LogP contribution in [0, 0.1) is 0 Å². The number of aliphatic hydroxyl groups is 4. The third kappa shape index (κ3) is 11.9. The number of hydrogen-bond acceptors (Lipinski definition) is 21. The molecule has 0 unspecified atom stereocenters. The van der Waals surface area contributed by atoms with Crippen LogP contribution in [-0.4, -0.2) is 164 Å². The van der Waals surface area contributed by atoms with E-state index in [-0.39, 0.29) is 55.5 Å². The Morgan fingerprint density at radius 3 is 1.56 bits per heavy atom. The first-order chi connectivity index (χ1) is 40.1. The lowest BCUT2D eigenvalue weighted by atomic mass is 9.90. The van der Waals surface area contributed by atoms with Crippen molar-refractivity contribution in [1.82, 2.24) is 98.8 Å². The number of amides is 2. The Bertz CT molecular complexity index is 3420. The van der Waals surface area contributed by atoms with Gasteiger partial charge in [-0.15, -0.1) is 0 Å². The summed E-state index contributed by atoms with van der Waals surface area (Å²) in [7, 11) is 0. The van der Waals surface area contributed by atoms with Crippen LogP contribution in [0.2, 0.25) is 0 Å². The van der Waals surface area contributed by atoms with E-state index in [1.165, 1.54) is 11.0 Å². The summed E-state index contributed by atoms with van der Waals surface area (Å²) < 4.78 is 8.04. The third-order valence-corrected chi connectivity index (χ3v) is 16.9. The Kier molecular flexibility index (Phi) is 16.2. The highest BCUT2D eigenvalue weighted by atomic mass is 16.3. The van der Waals surface area contributed by atoms with E-state index in [0.29, 0.717) is 77.5 Å². The van der Waals surface area contributed by atoms with Crippen molar-refractivity contribution in [3.05, 3.63) is 72.9 Å². The molecule has 8 heterocycles. The van der Waals surface area contributed by atoms with Crippen LogP contribution >= 0.6 is 0 Å². The number of aliphatic hydroxyl groups excluding tert-OH is 4. The van der Waals surface area contributed by atoms with E-state index in [0.717, 1.165) is 107 Å². The maximum Gasteiger partial charge on any atom is 0.315 e. The van der Waals surface area contributed by atoms with Crippen LogP contribution in [0.5, 0.6) is 0 Å². The van der Waals surface area contributed by atoms with Crippen molar-refractivity contribution >= 4 is 51.9 Å². The van der Waals surface area contributed by atoms with Gasteiger partial charge in [0.05, 0.1) is 74.4 Å². The highest BCUT2D eigenvalue weighted by Gasteiger charge is 2.45. The average molecular weight is 1130 g/mol. The van der Waals surface area contributed by atoms with E-state index in [9.17, 15) is 25.2 Å². The standard InChI is InChI=1S/C53H74N24O5/c1-3-72-23-35(56-27-72)15-17-54-51-66-47(43-49(68-51)74(29-58-43)39-13-14-40(19-39)76-60-21-37(25-78)70-76)62-31-5-9-33(10-6-31)64-53(82)65-34-11-7-32(8-12-34)63-48-44-50(69-52(67-48)55-18-16-36-24-73(4-2)28-57-36)75(30-59-44)41-20-42(46(81)45(41)80)77-61-22-38(26-79)71-77/h21-24,27-34,39-42,45-46,78-81H,3-20,25-26H2,1-2H3,(H2,64,65,82)(H2,54,62,66,68)(H2,55,63,67,69)/t31?,32?,33?,34?,39-,40+,41+,42-,45-,46+/m0/s1. The number of aryl methyl sites for hydroxylation is 2. The molecule has 436 valence electrons. The summed E-state index contributed by atoms with van der Waals surface area (Å²) in [5.74, 6) is 2.14. The number of nitrogens with zero attached hydrogens (tertiary/aromatic N) is 18. The number of carbonyl (C=O) groups is 1. The van der Waals surface area contributed by atoms with E-state index in [2.05, 4.69) is 91.4 Å². The van der Waals surface area contributed by atoms with E-state index in [1.807, 2.05) is 29.7 Å². The molecule has 12 rings (SSSR count). The molecule has 29 nitrogen and oxygen atoms in total. The number of nitrogens with one attached hydrogen (secondary N) is 6. The van der Waals surface area contributed by atoms with Gasteiger partial charge < -0.3 is 70.6 Å². The van der Waals surface area contributed by atoms with Gasteiger partial charge >= 0.3 is 6.03 Å². The first-order valence-corrected chi connectivity index (χ1v) is 29.1. The molecule has 4 aliphatic carbocycles. The largest absolute Gasteiger partial charge is 0.390 e. The first-order valence-electron chi connectivity index (χ1n) is 29.1. The van der Waals surface area contributed by atoms with Crippen molar-refractivity contribution in [2.24, 2.45) is 0 Å². The predicted octanol–water partition coefficient (Wildman–Crippen LogP) is 3.20. The summed E-state index contributed by atoms with van der Waals surface area (Å²) in [5, 5.41) is 80.0. The van der Waals surface area contributed by atoms with Crippen molar-refractivity contribution in [3.63, 3.8) is 0 Å². The molecule has 0 aliphatic heterocycles. The lowest BCUT2D eigenvalue weighted by Gasteiger charge is -2.32. The molecule has 0 aromatic carbocycles. The van der Waals surface area contributed by atoms with Gasteiger partial charge in [0.15, 0.2) is 34.0 Å². The van der Waals surface area contributed by atoms with Crippen molar-refractivity contribution in [3.8, 4) is 0 Å². The second kappa shape index (κ2) is 24.3. The average Bonchev–Trinajstić information content (AvgIpc) is 4.41. The van der Waals surface area contributed by atoms with Gasteiger partial charge in [0, 0.05) is 81.6 Å². The van der Waals surface area contributed by atoms with Crippen LogP contribution in [0.3, 0.4) is 0 Å². The minimum Gasteiger partial charge on any atom is -0.390 e. The molecule has 2 amide bonds. The fourth-order valence-electron chi connectivity index (χ4n) is 12.3. The molecule has 6 atom stereocenters. The van der Waals surface area contributed by atoms with Gasteiger partial charge in [-0.05, 0) is 90.9 Å². The molecule has 0 bridgehead atoms. The zero-order valence-electron chi connectivity index (χ0n) is 46.3. The molecule has 4 saturated carbocycles. The number of anilines is 4. The normalized spacial score (nSPS) is 24.8. The van der Waals surface area contributed by atoms with Gasteiger partial charge in [-0.2, -0.15) is 49.9 Å². The second-order valence-corrected chi connectivity index (χ2v) is 22.3. The maximum atomic E-state index is 13.6. The van der Waals surface area contributed by atoms with Gasteiger partial charge in [-0.1, -0.05) is 0 Å². The summed E-state index contributed by atoms with van der Waals surface area (Å²) in [6.07, 6.45) is 22.6. The molecule has 29 heteroatoms. The molecule has 0 radical (unpaired) electrons. The van der Waals surface area contributed by atoms with Crippen molar-refractivity contribution in [1.29, 1.82) is 0 Å². The lowest BCUT2D eigenvalue weighted by molar-refractivity contribution is 0.00491. The van der Waals surface area contributed by atoms with Crippen LogP contribution in [0.15, 0.2) is 50.1 Å². The minimum absolute atomic E-state index is 0.00274. The topological polar surface area (TPSA) is 354 Å². The lowest BCUT2D eigenvalue weighted by Crippen LogP contribution is -2.49. The molecule has 0 spiro atoms. The monoisotopic (exact) mass is 1130 g/mol. The van der Waals surface area contributed by atoms with Crippen LogP contribution in [0.4, 0.5) is 28.3 Å². The van der Waals surface area contributed by atoms with Gasteiger partial charge in [-0.3, -0.25) is 0 Å². The molecule has 4 fully saturated rings. The summed E-state index contributed by atoms with van der Waals surface area (Å²) in [4.78, 5) is 55.2. The number of rotatable bonds is 22. The van der Waals surface area contributed by atoms with Crippen LogP contribution < -0.4 is 31.9 Å². The quantitative estimate of drug-likeness (QED) is 0.0466. The summed E-state index contributed by atoms with van der Waals surface area (Å²) in [6, 6.07) is -0.952. The zero-order valence-corrected chi connectivity index (χ0v) is 46.3. The number of fused-ring (bicyclic) bond motifs is 2. The van der Waals surface area contributed by atoms with E-state index >= 15 is 0 Å². The number of imidazole rings is 4. The predicted molar refractivity (Wildman–Crippen MR) is 300 cm³/mol. The van der Waals surface area contributed by atoms with Crippen molar-refractivity contribution in [2.45, 2.75) is 191 Å². The number of hydrogen-bond donors (Lipinski definition) is 10. The Labute approximate surface area is 472 Å². The zero-order chi connectivity index (χ0) is 56.3. The SMILES string of the molecule is CCn1cnc(CCNc2nc(NC3CCC(NC(=O)NC4CCC(Nc5nc(NCCc6cn(CC)cn6)nc6c5ncn6[C@@H]5C[C@H](n6ncc(CO)n6)[C@@H](O)[C@H]5O)CC4)CC3)c3ncn([C@H]4CC[C@@H](n5ncc(CO)n5)C4)c3n2)c1. The van der Waals surface area contributed by atoms with Crippen molar-refractivity contribution in [2.75, 3.05) is 34.4 Å². The van der Waals surface area contributed by atoms with Crippen LogP contribution in [0.1, 0.15) is 138 Å². The Balaban J connectivity index is 0.656. The van der Waals surface area contributed by atoms with Gasteiger partial charge in [0.2, 0.25) is 11.9 Å². The summed E-state index contributed by atoms with van der Waals surface area (Å²) in [5.41, 5.74) is 5.36. The second-order valence-electron chi connectivity index (χ2n) is 22.3. The van der Waals surface area contributed by atoms with Gasteiger partial charge in [-0.25, -0.2) is 24.7 Å². The summed E-state index contributed by atoms with van der Waals surface area (Å²) in [6.45, 7) is 6.56. The summed E-state index contributed by atoms with van der Waals surface area (Å²) >= 11 is 0. The van der Waals surface area contributed by atoms with Crippen molar-refractivity contribution < 1.29 is 25.2 Å². The fourth-order valence-corrected chi connectivity index (χ4v) is 12.3. The number of urea groups is 1. The van der Waals surface area contributed by atoms with Gasteiger partial charge in [0.25, 0.3) is 0 Å². The van der Waals surface area contributed by atoms with Gasteiger partial charge in [0.1, 0.15) is 29.6 Å². The molecule has 8 aromatic rings. The number of aromatic nitrogens is 18. The molecular weight excluding hydrogens is 1050 g/mol. The molecule has 4 aliphatic rings. The highest BCUT2D eigenvalue weighted by molar-refractivity contribution is 5.85. The Morgan fingerprint density at radius 2 is 1.04 bits per heavy atom. The third-order valence-electron chi connectivity index (χ3n) is 16.9. The molecule has 0 saturated heterocycles. The van der Waals surface area contributed by atoms with E-state index < -0.39 is 24.3 Å². The van der Waals surface area contributed by atoms with Crippen LogP contribution in [0.25, 0.3) is 22.3 Å². The smallest absolute Gasteiger partial charge is 0.315 e. The Morgan fingerprint density at radius 1 is 0.549 bits per heavy atom. The first kappa shape index (κ1) is 54.7. The fraction of sp³-hybridized carbons (Fsp3) is 0.604. The maximum absolute atomic E-state index is 13.6. The number of carbonyl (C=O) groups excluding carboxylic acids is 1. The molecular formula is C53H74N24O5.